The van der Waals surface area contributed by atoms with E-state index in [2.05, 4.69) is 4.90 Å². The molecule has 2 N–H and O–H groups in total. The highest BCUT2D eigenvalue weighted by atomic mass is 16.5. The summed E-state index contributed by atoms with van der Waals surface area (Å²) in [5, 5.41) is 10.0. The number of primary amides is 1. The first-order valence-electron chi connectivity index (χ1n) is 7.33. The number of hydrogen-bond donors (Lipinski definition) is 1. The number of carbonyl (C=O) groups excluding carboxylic acids is 1. The lowest BCUT2D eigenvalue weighted by Gasteiger charge is -2.29. The number of benzene rings is 1. The van der Waals surface area contributed by atoms with Gasteiger partial charge in [0.15, 0.2) is 0 Å². The minimum absolute atomic E-state index is 0.0865. The number of nitriles is 1. The summed E-state index contributed by atoms with van der Waals surface area (Å²) < 4.78 is 5.38. The van der Waals surface area contributed by atoms with Crippen molar-refractivity contribution in [2.45, 2.75) is 0 Å². The first-order chi connectivity index (χ1) is 11.2. The van der Waals surface area contributed by atoms with Crippen LogP contribution in [0.1, 0.15) is 5.56 Å². The topological polar surface area (TPSA) is 92.2 Å². The SMILES string of the molecule is N#C/C(=C\c1cc2ccccc2nc1N1CCOCC1)C(N)=O. The minimum Gasteiger partial charge on any atom is -0.378 e. The average Bonchev–Trinajstić information content (AvgIpc) is 2.59. The molecule has 116 valence electrons. The molecule has 1 aromatic heterocycles. The summed E-state index contributed by atoms with van der Waals surface area (Å²) in [4.78, 5) is 18.2. The zero-order chi connectivity index (χ0) is 16.2. The lowest BCUT2D eigenvalue weighted by molar-refractivity contribution is -0.114. The molecule has 0 spiro atoms. The number of ether oxygens (including phenoxy) is 1. The molecule has 2 aromatic rings. The number of hydrogen-bond acceptors (Lipinski definition) is 5. The van der Waals surface area contributed by atoms with Gasteiger partial charge in [0, 0.05) is 24.0 Å². The van der Waals surface area contributed by atoms with E-state index >= 15 is 0 Å². The fraction of sp³-hybridized carbons (Fsp3) is 0.235. The van der Waals surface area contributed by atoms with Gasteiger partial charge in [-0.3, -0.25) is 4.79 Å². The van der Waals surface area contributed by atoms with Gasteiger partial charge in [-0.25, -0.2) is 4.98 Å². The molecule has 0 bridgehead atoms. The number of morpholine rings is 1. The Kier molecular flexibility index (Phi) is 4.22. The van der Waals surface area contributed by atoms with Crippen LogP contribution in [0.25, 0.3) is 17.0 Å². The zero-order valence-corrected chi connectivity index (χ0v) is 12.5. The van der Waals surface area contributed by atoms with Gasteiger partial charge in [-0.05, 0) is 18.2 Å². The maximum absolute atomic E-state index is 11.4. The second kappa shape index (κ2) is 6.46. The van der Waals surface area contributed by atoms with Gasteiger partial charge in [-0.15, -0.1) is 0 Å². The van der Waals surface area contributed by atoms with E-state index in [0.29, 0.717) is 31.9 Å². The molecule has 1 aromatic carbocycles. The summed E-state index contributed by atoms with van der Waals surface area (Å²) in [6, 6.07) is 11.5. The smallest absolute Gasteiger partial charge is 0.259 e. The van der Waals surface area contributed by atoms with Crippen LogP contribution in [0.15, 0.2) is 35.9 Å². The number of nitrogens with two attached hydrogens (primary N) is 1. The van der Waals surface area contributed by atoms with Crippen molar-refractivity contribution in [3.05, 3.63) is 41.5 Å². The summed E-state index contributed by atoms with van der Waals surface area (Å²) in [6.07, 6.45) is 1.51. The summed E-state index contributed by atoms with van der Waals surface area (Å²) in [7, 11) is 0. The van der Waals surface area contributed by atoms with Crippen molar-refractivity contribution in [1.82, 2.24) is 4.98 Å². The van der Waals surface area contributed by atoms with Crippen LogP contribution in [-0.4, -0.2) is 37.2 Å². The molecular weight excluding hydrogens is 292 g/mol. The Balaban J connectivity index is 2.16. The molecule has 6 nitrogen and oxygen atoms in total. The minimum atomic E-state index is -0.742. The van der Waals surface area contributed by atoms with Crippen molar-refractivity contribution in [1.29, 1.82) is 5.26 Å². The van der Waals surface area contributed by atoms with Crippen molar-refractivity contribution in [3.63, 3.8) is 0 Å². The first kappa shape index (κ1) is 15.0. The molecule has 0 radical (unpaired) electrons. The summed E-state index contributed by atoms with van der Waals surface area (Å²) in [5.41, 5.74) is 6.74. The number of fused-ring (bicyclic) bond motifs is 1. The van der Waals surface area contributed by atoms with Gasteiger partial charge in [-0.1, -0.05) is 18.2 Å². The third kappa shape index (κ3) is 3.15. The normalized spacial score (nSPS) is 15.4. The summed E-state index contributed by atoms with van der Waals surface area (Å²) in [5.74, 6) is -0.00501. The van der Waals surface area contributed by atoms with Gasteiger partial charge in [0.05, 0.1) is 18.7 Å². The number of para-hydroxylation sites is 1. The highest BCUT2D eigenvalue weighted by molar-refractivity contribution is 6.01. The third-order valence-corrected chi connectivity index (χ3v) is 3.73. The number of pyridine rings is 1. The van der Waals surface area contributed by atoms with Crippen LogP contribution in [0, 0.1) is 11.3 Å². The van der Waals surface area contributed by atoms with Gasteiger partial charge in [0.1, 0.15) is 17.5 Å². The maximum Gasteiger partial charge on any atom is 0.259 e. The maximum atomic E-state index is 11.4. The zero-order valence-electron chi connectivity index (χ0n) is 12.5. The van der Waals surface area contributed by atoms with E-state index in [1.807, 2.05) is 36.4 Å². The van der Waals surface area contributed by atoms with Crippen LogP contribution in [-0.2, 0) is 9.53 Å². The lowest BCUT2D eigenvalue weighted by Crippen LogP contribution is -2.37. The second-order valence-electron chi connectivity index (χ2n) is 5.23. The molecule has 2 heterocycles. The van der Waals surface area contributed by atoms with Gasteiger partial charge in [0.25, 0.3) is 5.91 Å². The molecule has 0 aliphatic carbocycles. The van der Waals surface area contributed by atoms with Crippen LogP contribution >= 0.6 is 0 Å². The van der Waals surface area contributed by atoms with Crippen molar-refractivity contribution < 1.29 is 9.53 Å². The fourth-order valence-corrected chi connectivity index (χ4v) is 2.57. The molecule has 1 fully saturated rings. The van der Waals surface area contributed by atoms with Crippen molar-refractivity contribution >= 4 is 28.7 Å². The van der Waals surface area contributed by atoms with E-state index in [1.165, 1.54) is 6.08 Å². The van der Waals surface area contributed by atoms with Crippen LogP contribution in [0.3, 0.4) is 0 Å². The molecule has 23 heavy (non-hydrogen) atoms. The van der Waals surface area contributed by atoms with Gasteiger partial charge < -0.3 is 15.4 Å². The first-order valence-corrected chi connectivity index (χ1v) is 7.33. The Morgan fingerprint density at radius 1 is 1.35 bits per heavy atom. The second-order valence-corrected chi connectivity index (χ2v) is 5.23. The fourth-order valence-electron chi connectivity index (χ4n) is 2.57. The Morgan fingerprint density at radius 3 is 2.78 bits per heavy atom. The average molecular weight is 308 g/mol. The Labute approximate surface area is 133 Å². The van der Waals surface area contributed by atoms with Crippen molar-refractivity contribution in [3.8, 4) is 6.07 Å². The van der Waals surface area contributed by atoms with E-state index in [-0.39, 0.29) is 5.57 Å². The highest BCUT2D eigenvalue weighted by Gasteiger charge is 2.17. The van der Waals surface area contributed by atoms with Crippen LogP contribution < -0.4 is 10.6 Å². The number of aromatic nitrogens is 1. The van der Waals surface area contributed by atoms with Gasteiger partial charge in [-0.2, -0.15) is 5.26 Å². The molecule has 0 unspecified atom stereocenters. The summed E-state index contributed by atoms with van der Waals surface area (Å²) >= 11 is 0. The summed E-state index contributed by atoms with van der Waals surface area (Å²) in [6.45, 7) is 2.67. The largest absolute Gasteiger partial charge is 0.378 e. The van der Waals surface area contributed by atoms with E-state index in [9.17, 15) is 4.79 Å². The standard InChI is InChI=1S/C17H16N4O2/c18-11-14(16(19)22)10-13-9-12-3-1-2-4-15(12)20-17(13)21-5-7-23-8-6-21/h1-4,9-10H,5-8H2,(H2,19,22)/b14-10+. The highest BCUT2D eigenvalue weighted by Crippen LogP contribution is 2.26. The number of nitrogens with zero attached hydrogens (tertiary/aromatic N) is 3. The number of anilines is 1. The molecule has 1 amide bonds. The van der Waals surface area contributed by atoms with Crippen LogP contribution in [0.4, 0.5) is 5.82 Å². The lowest BCUT2D eigenvalue weighted by atomic mass is 10.1. The van der Waals surface area contributed by atoms with Crippen LogP contribution in [0.5, 0.6) is 0 Å². The molecule has 0 atom stereocenters. The molecule has 1 saturated heterocycles. The Morgan fingerprint density at radius 2 is 2.09 bits per heavy atom. The Hall–Kier alpha value is -2.91. The molecule has 0 saturated carbocycles. The van der Waals surface area contributed by atoms with Gasteiger partial charge >= 0.3 is 0 Å². The van der Waals surface area contributed by atoms with E-state index in [4.69, 9.17) is 20.7 Å². The third-order valence-electron chi connectivity index (χ3n) is 3.73. The molecular formula is C17H16N4O2. The Bertz CT molecular complexity index is 817. The quantitative estimate of drug-likeness (QED) is 0.684. The van der Waals surface area contributed by atoms with E-state index in [1.54, 1.807) is 0 Å². The van der Waals surface area contributed by atoms with Crippen LogP contribution in [0.2, 0.25) is 0 Å². The molecule has 1 aliphatic rings. The molecule has 1 aliphatic heterocycles. The molecule has 6 heteroatoms. The van der Waals surface area contributed by atoms with E-state index < -0.39 is 5.91 Å². The molecule has 3 rings (SSSR count). The van der Waals surface area contributed by atoms with Crippen molar-refractivity contribution in [2.75, 3.05) is 31.2 Å². The number of rotatable bonds is 3. The van der Waals surface area contributed by atoms with E-state index in [0.717, 1.165) is 16.7 Å². The number of amides is 1. The predicted octanol–water partition coefficient (Wildman–Crippen LogP) is 1.46. The van der Waals surface area contributed by atoms with Crippen molar-refractivity contribution in [2.24, 2.45) is 5.73 Å². The number of carbonyl (C=O) groups is 1. The van der Waals surface area contributed by atoms with Gasteiger partial charge in [0.2, 0.25) is 0 Å². The predicted molar refractivity (Wildman–Crippen MR) is 87.6 cm³/mol. The monoisotopic (exact) mass is 308 g/mol.